The summed E-state index contributed by atoms with van der Waals surface area (Å²) in [5.74, 6) is -0.610. The normalized spacial score (nSPS) is 11.9. The van der Waals surface area contributed by atoms with E-state index in [1.807, 2.05) is 103 Å². The third-order valence-electron chi connectivity index (χ3n) is 8.63. The van der Waals surface area contributed by atoms with Crippen LogP contribution in [0.5, 0.6) is 0 Å². The van der Waals surface area contributed by atoms with Crippen molar-refractivity contribution in [3.8, 4) is 22.4 Å². The van der Waals surface area contributed by atoms with E-state index in [0.29, 0.717) is 5.69 Å². The minimum atomic E-state index is -0.843. The Kier molecular flexibility index (Phi) is 7.97. The molecule has 0 saturated heterocycles. The van der Waals surface area contributed by atoms with Crippen LogP contribution in [0.3, 0.4) is 0 Å². The van der Waals surface area contributed by atoms with E-state index >= 15 is 0 Å². The van der Waals surface area contributed by atoms with Crippen molar-refractivity contribution in [2.45, 2.75) is 33.0 Å². The molecule has 2 aromatic heterocycles. The van der Waals surface area contributed by atoms with Crippen LogP contribution in [0.15, 0.2) is 146 Å². The highest BCUT2D eigenvalue weighted by Gasteiger charge is 2.40. The molecule has 0 amide bonds. The summed E-state index contributed by atoms with van der Waals surface area (Å²) in [6.07, 6.45) is 3.76. The lowest BCUT2D eigenvalue weighted by Gasteiger charge is -2.36. The van der Waals surface area contributed by atoms with Crippen molar-refractivity contribution in [2.24, 2.45) is 5.41 Å². The third-order valence-corrected chi connectivity index (χ3v) is 8.63. The van der Waals surface area contributed by atoms with Gasteiger partial charge in [-0.25, -0.2) is 9.37 Å². The molecule has 7 rings (SSSR count). The van der Waals surface area contributed by atoms with Crippen LogP contribution in [-0.2, 0) is 21.8 Å². The van der Waals surface area contributed by atoms with E-state index < -0.39 is 11.0 Å². The highest BCUT2D eigenvalue weighted by Crippen LogP contribution is 2.43. The van der Waals surface area contributed by atoms with Crippen LogP contribution < -0.4 is 0 Å². The van der Waals surface area contributed by atoms with Crippen molar-refractivity contribution in [1.82, 2.24) is 19.3 Å². The Hall–Kier alpha value is -5.82. The topological polar surface area (TPSA) is 61.9 Å². The second-order valence-corrected chi connectivity index (χ2v) is 12.9. The molecule has 238 valence electrons. The molecule has 48 heavy (non-hydrogen) atoms. The average Bonchev–Trinajstić information content (AvgIpc) is 3.74. The summed E-state index contributed by atoms with van der Waals surface area (Å²) in [6, 6.07) is 43.5. The fourth-order valence-corrected chi connectivity index (χ4v) is 6.18. The fourth-order valence-electron chi connectivity index (χ4n) is 6.18. The number of benzene rings is 5. The SMILES string of the molecule is CC(C)(C)C(=O)OCn1cnc2ccc(-c3cn(C(c4ccccc4)(c4ccccc4)c4ccccc4)nc3-c3ccc(F)cc3)cc21. The zero-order valence-electron chi connectivity index (χ0n) is 27.0. The molecule has 0 N–H and O–H groups in total. The van der Waals surface area contributed by atoms with Crippen molar-refractivity contribution >= 4 is 17.0 Å². The molecule has 0 spiro atoms. The molecule has 0 radical (unpaired) electrons. The molecule has 0 fully saturated rings. The molecule has 0 aliphatic rings. The molecule has 7 aromatic rings. The monoisotopic (exact) mass is 634 g/mol. The number of carbonyl (C=O) groups is 1. The van der Waals surface area contributed by atoms with Gasteiger partial charge in [-0.3, -0.25) is 14.0 Å². The maximum absolute atomic E-state index is 14.2. The number of fused-ring (bicyclic) bond motifs is 1. The highest BCUT2D eigenvalue weighted by atomic mass is 19.1. The smallest absolute Gasteiger partial charge is 0.312 e. The van der Waals surface area contributed by atoms with Gasteiger partial charge in [0.1, 0.15) is 17.1 Å². The minimum absolute atomic E-state index is 0.0409. The van der Waals surface area contributed by atoms with Crippen molar-refractivity contribution < 1.29 is 13.9 Å². The maximum Gasteiger partial charge on any atom is 0.312 e. The highest BCUT2D eigenvalue weighted by molar-refractivity contribution is 5.87. The summed E-state index contributed by atoms with van der Waals surface area (Å²) < 4.78 is 23.7. The molecule has 0 aliphatic carbocycles. The molecule has 0 atom stereocenters. The van der Waals surface area contributed by atoms with Crippen LogP contribution in [-0.4, -0.2) is 25.3 Å². The van der Waals surface area contributed by atoms with Gasteiger partial charge < -0.3 is 4.74 Å². The fraction of sp³-hybridized carbons (Fsp3) is 0.146. The minimum Gasteiger partial charge on any atom is -0.443 e. The molecule has 7 heteroatoms. The van der Waals surface area contributed by atoms with Gasteiger partial charge >= 0.3 is 5.97 Å². The van der Waals surface area contributed by atoms with Gasteiger partial charge in [0.05, 0.1) is 22.8 Å². The molecule has 0 bridgehead atoms. The van der Waals surface area contributed by atoms with E-state index in [-0.39, 0.29) is 18.5 Å². The van der Waals surface area contributed by atoms with Gasteiger partial charge in [-0.1, -0.05) is 97.1 Å². The predicted octanol–water partition coefficient (Wildman–Crippen LogP) is 9.09. The predicted molar refractivity (Wildman–Crippen MR) is 187 cm³/mol. The van der Waals surface area contributed by atoms with Gasteiger partial charge in [0.25, 0.3) is 0 Å². The Balaban J connectivity index is 1.47. The van der Waals surface area contributed by atoms with Gasteiger partial charge in [0.2, 0.25) is 0 Å². The van der Waals surface area contributed by atoms with Gasteiger partial charge in [-0.2, -0.15) is 5.10 Å². The van der Waals surface area contributed by atoms with E-state index in [1.165, 1.54) is 12.1 Å². The number of nitrogens with zero attached hydrogens (tertiary/aromatic N) is 4. The van der Waals surface area contributed by atoms with Crippen molar-refractivity contribution in [3.05, 3.63) is 168 Å². The summed E-state index contributed by atoms with van der Waals surface area (Å²) in [7, 11) is 0. The number of aromatic nitrogens is 4. The number of rotatable bonds is 8. The van der Waals surface area contributed by atoms with E-state index in [1.54, 1.807) is 18.5 Å². The molecular formula is C41H35FN4O2. The van der Waals surface area contributed by atoms with Crippen molar-refractivity contribution in [1.29, 1.82) is 0 Å². The standard InChI is InChI=1S/C41H35FN4O2/c1-40(2,3)39(47)48-28-45-27-43-36-24-21-30(25-37(36)45)35-26-46(44-38(35)29-19-22-34(42)23-20-29)41(31-13-7-4-8-14-31,32-15-9-5-10-16-32)33-17-11-6-12-18-33/h4-27H,28H2,1-3H3. The summed E-state index contributed by atoms with van der Waals surface area (Å²) in [5, 5.41) is 5.37. The Morgan fingerprint density at radius 1 is 0.729 bits per heavy atom. The number of esters is 1. The Bertz CT molecular complexity index is 2090. The first-order valence-corrected chi connectivity index (χ1v) is 15.9. The van der Waals surface area contributed by atoms with Gasteiger partial charge in [0, 0.05) is 17.3 Å². The van der Waals surface area contributed by atoms with Crippen LogP contribution >= 0.6 is 0 Å². The van der Waals surface area contributed by atoms with E-state index in [2.05, 4.69) is 47.6 Å². The molecule has 2 heterocycles. The largest absolute Gasteiger partial charge is 0.443 e. The number of imidazole rings is 1. The lowest BCUT2D eigenvalue weighted by molar-refractivity contribution is -0.156. The molecule has 6 nitrogen and oxygen atoms in total. The van der Waals surface area contributed by atoms with Gasteiger partial charge in [-0.05, 0) is 79.4 Å². The molecular weight excluding hydrogens is 599 g/mol. The number of hydrogen-bond acceptors (Lipinski definition) is 4. The van der Waals surface area contributed by atoms with Crippen molar-refractivity contribution in [2.75, 3.05) is 0 Å². The molecule has 0 aliphatic heterocycles. The second kappa shape index (κ2) is 12.4. The summed E-state index contributed by atoms with van der Waals surface area (Å²) in [5.41, 5.74) is 6.46. The second-order valence-electron chi connectivity index (χ2n) is 12.9. The van der Waals surface area contributed by atoms with Gasteiger partial charge in [0.15, 0.2) is 6.73 Å². The molecule has 0 saturated carbocycles. The third kappa shape index (κ3) is 5.58. The molecule has 5 aromatic carbocycles. The number of hydrogen-bond donors (Lipinski definition) is 0. The quantitative estimate of drug-likeness (QED) is 0.124. The van der Waals surface area contributed by atoms with Crippen LogP contribution in [0, 0.1) is 11.2 Å². The van der Waals surface area contributed by atoms with E-state index in [0.717, 1.165) is 44.4 Å². The number of carbonyl (C=O) groups excluding carboxylic acids is 1. The average molecular weight is 635 g/mol. The van der Waals surface area contributed by atoms with E-state index in [9.17, 15) is 9.18 Å². The van der Waals surface area contributed by atoms with Crippen LogP contribution in [0.2, 0.25) is 0 Å². The Morgan fingerprint density at radius 3 is 1.81 bits per heavy atom. The van der Waals surface area contributed by atoms with Crippen LogP contribution in [0.4, 0.5) is 4.39 Å². The summed E-state index contributed by atoms with van der Waals surface area (Å²) in [4.78, 5) is 17.1. The summed E-state index contributed by atoms with van der Waals surface area (Å²) >= 11 is 0. The van der Waals surface area contributed by atoms with Crippen molar-refractivity contribution in [3.63, 3.8) is 0 Å². The zero-order chi connectivity index (χ0) is 33.3. The number of halogens is 1. The first kappa shape index (κ1) is 30.8. The Labute approximate surface area is 279 Å². The summed E-state index contributed by atoms with van der Waals surface area (Å²) in [6.45, 7) is 5.52. The maximum atomic E-state index is 14.2. The zero-order valence-corrected chi connectivity index (χ0v) is 27.0. The van der Waals surface area contributed by atoms with E-state index in [4.69, 9.17) is 9.84 Å². The Morgan fingerprint density at radius 2 is 1.27 bits per heavy atom. The lowest BCUT2D eigenvalue weighted by atomic mass is 9.77. The van der Waals surface area contributed by atoms with Gasteiger partial charge in [-0.15, -0.1) is 0 Å². The van der Waals surface area contributed by atoms with Crippen LogP contribution in [0.1, 0.15) is 37.5 Å². The first-order chi connectivity index (χ1) is 23.2. The first-order valence-electron chi connectivity index (χ1n) is 15.9. The molecule has 0 unspecified atom stereocenters. The van der Waals surface area contributed by atoms with Crippen LogP contribution in [0.25, 0.3) is 33.4 Å². The number of ether oxygens (including phenoxy) is 1. The lowest BCUT2D eigenvalue weighted by Crippen LogP contribution is -2.38.